The van der Waals surface area contributed by atoms with E-state index in [9.17, 15) is 9.59 Å². The van der Waals surface area contributed by atoms with E-state index >= 15 is 0 Å². The van der Waals surface area contributed by atoms with Gasteiger partial charge in [0.05, 0.1) is 0 Å². The zero-order valence-electron chi connectivity index (χ0n) is 11.2. The summed E-state index contributed by atoms with van der Waals surface area (Å²) in [6, 6.07) is 0. The van der Waals surface area contributed by atoms with E-state index in [-0.39, 0.29) is 10.8 Å². The van der Waals surface area contributed by atoms with Crippen LogP contribution in [0.15, 0.2) is 10.5 Å². The zero-order chi connectivity index (χ0) is 15.3. The van der Waals surface area contributed by atoms with E-state index in [1.807, 2.05) is 0 Å². The largest absolute Gasteiger partial charge is 0.476 e. The Morgan fingerprint density at radius 1 is 1.50 bits per heavy atom. The van der Waals surface area contributed by atoms with Gasteiger partial charge >= 0.3 is 11.9 Å². The van der Waals surface area contributed by atoms with Gasteiger partial charge in [-0.05, 0) is 20.8 Å². The molecule has 0 fully saturated rings. The van der Waals surface area contributed by atoms with Gasteiger partial charge in [-0.2, -0.15) is 0 Å². The number of aliphatic carboxylic acids is 1. The van der Waals surface area contributed by atoms with Crippen molar-refractivity contribution < 1.29 is 24.3 Å². The van der Waals surface area contributed by atoms with Gasteiger partial charge in [-0.3, -0.25) is 0 Å². The smallest absolute Gasteiger partial charge is 0.360 e. The van der Waals surface area contributed by atoms with Gasteiger partial charge in [0, 0.05) is 5.38 Å². The number of nitrogens with zero attached hydrogens (tertiary/aromatic N) is 2. The van der Waals surface area contributed by atoms with E-state index in [4.69, 9.17) is 15.6 Å². The second-order valence-electron chi connectivity index (χ2n) is 4.68. The molecule has 1 aromatic rings. The van der Waals surface area contributed by atoms with Crippen LogP contribution in [0.5, 0.6) is 0 Å². The molecule has 0 aliphatic heterocycles. The van der Waals surface area contributed by atoms with E-state index in [2.05, 4.69) is 15.0 Å². The Hall–Kier alpha value is -2.16. The van der Waals surface area contributed by atoms with Crippen LogP contribution in [-0.2, 0) is 19.2 Å². The average Bonchev–Trinajstić information content (AvgIpc) is 2.68. The number of aromatic nitrogens is 1. The van der Waals surface area contributed by atoms with Crippen molar-refractivity contribution >= 4 is 34.1 Å². The minimum atomic E-state index is -1.33. The number of ether oxygens (including phenoxy) is 1. The number of rotatable bonds is 5. The molecule has 110 valence electrons. The molecule has 0 spiro atoms. The molecule has 0 aromatic carbocycles. The van der Waals surface area contributed by atoms with Crippen LogP contribution < -0.4 is 5.73 Å². The summed E-state index contributed by atoms with van der Waals surface area (Å²) in [5, 5.41) is 14.0. The Morgan fingerprint density at radius 3 is 2.60 bits per heavy atom. The van der Waals surface area contributed by atoms with E-state index in [1.165, 1.54) is 5.38 Å². The van der Waals surface area contributed by atoms with Gasteiger partial charge in [0.15, 0.2) is 5.13 Å². The van der Waals surface area contributed by atoms with Crippen molar-refractivity contribution in [2.45, 2.75) is 26.4 Å². The van der Waals surface area contributed by atoms with E-state index in [0.29, 0.717) is 0 Å². The molecule has 8 nitrogen and oxygen atoms in total. The highest BCUT2D eigenvalue weighted by atomic mass is 32.1. The standard InChI is InChI=1S/C11H15N3O5S/c1-11(2,3)19-7(15)4-18-14-8(9(16)17)6-5-20-10(12)13-6/h5H,4H2,1-3H3,(H2,12,13)(H,16,17)/b14-8+. The Morgan fingerprint density at radius 2 is 2.15 bits per heavy atom. The number of hydrogen-bond acceptors (Lipinski definition) is 8. The molecule has 0 amide bonds. The minimum Gasteiger partial charge on any atom is -0.476 e. The molecule has 1 rings (SSSR count). The van der Waals surface area contributed by atoms with Crippen molar-refractivity contribution in [2.75, 3.05) is 12.3 Å². The summed E-state index contributed by atoms with van der Waals surface area (Å²) in [4.78, 5) is 30.8. The summed E-state index contributed by atoms with van der Waals surface area (Å²) in [6.07, 6.45) is 0. The summed E-state index contributed by atoms with van der Waals surface area (Å²) in [7, 11) is 0. The molecule has 20 heavy (non-hydrogen) atoms. The van der Waals surface area contributed by atoms with Crippen molar-refractivity contribution in [1.82, 2.24) is 4.98 Å². The van der Waals surface area contributed by atoms with Crippen LogP contribution in [0, 0.1) is 0 Å². The molecule has 1 aromatic heterocycles. The summed E-state index contributed by atoms with van der Waals surface area (Å²) in [5.41, 5.74) is 4.40. The van der Waals surface area contributed by atoms with E-state index in [0.717, 1.165) is 11.3 Å². The van der Waals surface area contributed by atoms with E-state index < -0.39 is 29.9 Å². The summed E-state index contributed by atoms with van der Waals surface area (Å²) in [6.45, 7) is 4.62. The average molecular weight is 301 g/mol. The van der Waals surface area contributed by atoms with Crippen LogP contribution in [-0.4, -0.2) is 39.9 Å². The molecule has 0 atom stereocenters. The Bertz CT molecular complexity index is 532. The van der Waals surface area contributed by atoms with Gasteiger partial charge in [0.1, 0.15) is 11.3 Å². The SMILES string of the molecule is CC(C)(C)OC(=O)CO/N=C(/C(=O)O)c1csc(N)n1. The first-order valence-electron chi connectivity index (χ1n) is 5.55. The molecular formula is C11H15N3O5S. The lowest BCUT2D eigenvalue weighted by Crippen LogP contribution is -2.26. The number of carbonyl (C=O) groups is 2. The van der Waals surface area contributed by atoms with Gasteiger partial charge in [-0.1, -0.05) is 5.16 Å². The first kappa shape index (κ1) is 15.9. The third kappa shape index (κ3) is 5.22. The lowest BCUT2D eigenvalue weighted by atomic mass is 10.2. The Balaban J connectivity index is 2.66. The van der Waals surface area contributed by atoms with Gasteiger partial charge < -0.3 is 20.4 Å². The Labute approximate surface area is 119 Å². The first-order valence-corrected chi connectivity index (χ1v) is 6.43. The molecule has 0 radical (unpaired) electrons. The van der Waals surface area contributed by atoms with Crippen LogP contribution in [0.25, 0.3) is 0 Å². The number of anilines is 1. The van der Waals surface area contributed by atoms with Gasteiger partial charge in [-0.25, -0.2) is 14.6 Å². The summed E-state index contributed by atoms with van der Waals surface area (Å²) >= 11 is 1.07. The van der Waals surface area contributed by atoms with Crippen molar-refractivity contribution in [3.05, 3.63) is 11.1 Å². The third-order valence-corrected chi connectivity index (χ3v) is 2.40. The van der Waals surface area contributed by atoms with Crippen molar-refractivity contribution in [3.63, 3.8) is 0 Å². The second-order valence-corrected chi connectivity index (χ2v) is 5.57. The predicted octanol–water partition coefficient (Wildman–Crippen LogP) is 0.872. The fourth-order valence-corrected chi connectivity index (χ4v) is 1.66. The number of hydrogen-bond donors (Lipinski definition) is 2. The minimum absolute atomic E-state index is 0.0733. The van der Waals surface area contributed by atoms with Crippen molar-refractivity contribution in [1.29, 1.82) is 0 Å². The topological polar surface area (TPSA) is 124 Å². The first-order chi connectivity index (χ1) is 9.19. The molecule has 0 saturated carbocycles. The number of oxime groups is 1. The molecule has 1 heterocycles. The van der Waals surface area contributed by atoms with Crippen LogP contribution in [0.1, 0.15) is 26.5 Å². The van der Waals surface area contributed by atoms with E-state index in [1.54, 1.807) is 20.8 Å². The van der Waals surface area contributed by atoms with Gasteiger partial charge in [-0.15, -0.1) is 11.3 Å². The number of nitrogen functional groups attached to an aromatic ring is 1. The lowest BCUT2D eigenvalue weighted by Gasteiger charge is -2.18. The Kier molecular flexibility index (Phi) is 5.03. The second kappa shape index (κ2) is 6.33. The van der Waals surface area contributed by atoms with Crippen molar-refractivity contribution in [3.8, 4) is 0 Å². The zero-order valence-corrected chi connectivity index (χ0v) is 12.1. The van der Waals surface area contributed by atoms with Crippen LogP contribution >= 0.6 is 11.3 Å². The maximum atomic E-state index is 11.4. The molecule has 0 bridgehead atoms. The fourth-order valence-electron chi connectivity index (χ4n) is 1.11. The summed E-state index contributed by atoms with van der Waals surface area (Å²) in [5.74, 6) is -1.98. The third-order valence-electron chi connectivity index (χ3n) is 1.73. The number of thiazole rings is 1. The van der Waals surface area contributed by atoms with Crippen LogP contribution in [0.4, 0.5) is 5.13 Å². The highest BCUT2D eigenvalue weighted by Crippen LogP contribution is 2.12. The molecular weight excluding hydrogens is 286 g/mol. The van der Waals surface area contributed by atoms with Gasteiger partial charge in [0.25, 0.3) is 0 Å². The molecule has 0 aliphatic carbocycles. The molecule has 9 heteroatoms. The number of nitrogens with two attached hydrogens (primary N) is 1. The number of carbonyl (C=O) groups excluding carboxylic acids is 1. The lowest BCUT2D eigenvalue weighted by molar-refractivity contribution is -0.160. The number of carboxylic acid groups (broad SMARTS) is 1. The maximum absolute atomic E-state index is 11.4. The summed E-state index contributed by atoms with van der Waals surface area (Å²) < 4.78 is 4.98. The van der Waals surface area contributed by atoms with Crippen LogP contribution in [0.3, 0.4) is 0 Å². The molecule has 0 saturated heterocycles. The van der Waals surface area contributed by atoms with Gasteiger partial charge in [0.2, 0.25) is 12.3 Å². The fraction of sp³-hybridized carbons (Fsp3) is 0.455. The van der Waals surface area contributed by atoms with Crippen LogP contribution in [0.2, 0.25) is 0 Å². The number of carboxylic acids is 1. The maximum Gasteiger partial charge on any atom is 0.360 e. The highest BCUT2D eigenvalue weighted by molar-refractivity contribution is 7.13. The molecule has 3 N–H and O–H groups in total. The monoisotopic (exact) mass is 301 g/mol. The number of esters is 1. The molecule has 0 aliphatic rings. The molecule has 0 unspecified atom stereocenters. The quantitative estimate of drug-likeness (QED) is 0.469. The highest BCUT2D eigenvalue weighted by Gasteiger charge is 2.19. The normalized spacial score (nSPS) is 12.1. The predicted molar refractivity (Wildman–Crippen MR) is 72.5 cm³/mol. The van der Waals surface area contributed by atoms with Crippen molar-refractivity contribution in [2.24, 2.45) is 5.16 Å².